The predicted octanol–water partition coefficient (Wildman–Crippen LogP) is 2.39. The van der Waals surface area contributed by atoms with E-state index < -0.39 is 11.0 Å². The molecule has 5 nitrogen and oxygen atoms in total. The first kappa shape index (κ1) is 13.3. The Morgan fingerprint density at radius 2 is 2.00 bits per heavy atom. The molecular weight excluding hydrogens is 222 g/mol. The van der Waals surface area contributed by atoms with E-state index in [-0.39, 0.29) is 17.9 Å². The van der Waals surface area contributed by atoms with Crippen LogP contribution in [0.1, 0.15) is 37.9 Å². The lowest BCUT2D eigenvalue weighted by molar-refractivity contribution is -0.384. The molecule has 5 heteroatoms. The van der Waals surface area contributed by atoms with Crippen LogP contribution in [0.25, 0.3) is 0 Å². The molecule has 92 valence electrons. The van der Waals surface area contributed by atoms with E-state index in [2.05, 4.69) is 0 Å². The van der Waals surface area contributed by atoms with Gasteiger partial charge in [0.1, 0.15) is 5.78 Å². The van der Waals surface area contributed by atoms with Gasteiger partial charge in [0.15, 0.2) is 0 Å². The second-order valence-corrected chi connectivity index (χ2v) is 3.86. The number of nitro groups is 1. The molecule has 1 rings (SSSR count). The number of carbonyl (C=O) groups is 1. The molecule has 0 saturated heterocycles. The van der Waals surface area contributed by atoms with Gasteiger partial charge in [-0.1, -0.05) is 6.92 Å². The fourth-order valence-corrected chi connectivity index (χ4v) is 1.53. The first-order valence-corrected chi connectivity index (χ1v) is 5.48. The highest BCUT2D eigenvalue weighted by Crippen LogP contribution is 2.20. The molecule has 0 aliphatic rings. The standard InChI is InChI=1S/C12H15NO4/c1-2-3-11(14)8-12(15)9-4-6-10(7-5-9)13(16)17/h4-7,12,15H,2-3,8H2,1H3/t12-/m1/s1. The zero-order chi connectivity index (χ0) is 12.8. The van der Waals surface area contributed by atoms with Crippen LogP contribution >= 0.6 is 0 Å². The quantitative estimate of drug-likeness (QED) is 0.608. The largest absolute Gasteiger partial charge is 0.388 e. The summed E-state index contributed by atoms with van der Waals surface area (Å²) in [4.78, 5) is 21.3. The molecule has 0 saturated carbocycles. The molecule has 0 fully saturated rings. The number of Topliss-reactive ketones (excluding diaryl/α,β-unsaturated/α-hetero) is 1. The second-order valence-electron chi connectivity index (χ2n) is 3.86. The highest BCUT2D eigenvalue weighted by molar-refractivity contribution is 5.78. The normalized spacial score (nSPS) is 12.1. The summed E-state index contributed by atoms with van der Waals surface area (Å²) < 4.78 is 0. The third kappa shape index (κ3) is 3.96. The lowest BCUT2D eigenvalue weighted by atomic mass is 10.0. The molecule has 0 bridgehead atoms. The molecule has 1 aromatic rings. The van der Waals surface area contributed by atoms with Crippen molar-refractivity contribution in [3.63, 3.8) is 0 Å². The smallest absolute Gasteiger partial charge is 0.269 e. The number of rotatable bonds is 6. The number of aliphatic hydroxyl groups is 1. The van der Waals surface area contributed by atoms with Gasteiger partial charge in [-0.3, -0.25) is 14.9 Å². The van der Waals surface area contributed by atoms with Crippen molar-refractivity contribution in [3.8, 4) is 0 Å². The molecular formula is C12H15NO4. The lowest BCUT2D eigenvalue weighted by Gasteiger charge is -2.09. The summed E-state index contributed by atoms with van der Waals surface area (Å²) in [7, 11) is 0. The van der Waals surface area contributed by atoms with Crippen LogP contribution in [0.3, 0.4) is 0 Å². The van der Waals surface area contributed by atoms with Crippen LogP contribution in [0.5, 0.6) is 0 Å². The molecule has 0 unspecified atom stereocenters. The second kappa shape index (κ2) is 6.10. The average Bonchev–Trinajstić information content (AvgIpc) is 2.29. The van der Waals surface area contributed by atoms with Crippen molar-refractivity contribution >= 4 is 11.5 Å². The van der Waals surface area contributed by atoms with Crippen LogP contribution in [-0.2, 0) is 4.79 Å². The molecule has 0 heterocycles. The highest BCUT2D eigenvalue weighted by atomic mass is 16.6. The Labute approximate surface area is 99.2 Å². The van der Waals surface area contributed by atoms with Gasteiger partial charge in [-0.2, -0.15) is 0 Å². The van der Waals surface area contributed by atoms with Crippen LogP contribution in [0.15, 0.2) is 24.3 Å². The molecule has 0 spiro atoms. The first-order chi connectivity index (χ1) is 8.04. The van der Waals surface area contributed by atoms with E-state index in [1.165, 1.54) is 24.3 Å². The zero-order valence-electron chi connectivity index (χ0n) is 9.63. The van der Waals surface area contributed by atoms with Crippen molar-refractivity contribution in [3.05, 3.63) is 39.9 Å². The van der Waals surface area contributed by atoms with Crippen molar-refractivity contribution in [2.24, 2.45) is 0 Å². The Morgan fingerprint density at radius 3 is 2.47 bits per heavy atom. The Morgan fingerprint density at radius 1 is 1.41 bits per heavy atom. The fraction of sp³-hybridized carbons (Fsp3) is 0.417. The zero-order valence-corrected chi connectivity index (χ0v) is 9.63. The van der Waals surface area contributed by atoms with Gasteiger partial charge in [-0.05, 0) is 24.1 Å². The summed E-state index contributed by atoms with van der Waals surface area (Å²) in [5.41, 5.74) is 0.501. The van der Waals surface area contributed by atoms with Crippen LogP contribution in [0.4, 0.5) is 5.69 Å². The molecule has 0 radical (unpaired) electrons. The molecule has 0 aromatic heterocycles. The number of non-ortho nitro benzene ring substituents is 1. The monoisotopic (exact) mass is 237 g/mol. The van der Waals surface area contributed by atoms with Crippen molar-refractivity contribution < 1.29 is 14.8 Å². The van der Waals surface area contributed by atoms with Gasteiger partial charge < -0.3 is 5.11 Å². The van der Waals surface area contributed by atoms with E-state index in [0.717, 1.165) is 6.42 Å². The maximum absolute atomic E-state index is 11.3. The van der Waals surface area contributed by atoms with E-state index in [1.807, 2.05) is 6.92 Å². The van der Waals surface area contributed by atoms with Crippen LogP contribution in [0, 0.1) is 10.1 Å². The van der Waals surface area contributed by atoms with E-state index >= 15 is 0 Å². The summed E-state index contributed by atoms with van der Waals surface area (Å²) in [6, 6.07) is 5.59. The Bertz CT molecular complexity index is 399. The van der Waals surface area contributed by atoms with Crippen molar-refractivity contribution in [1.82, 2.24) is 0 Å². The van der Waals surface area contributed by atoms with Crippen LogP contribution in [-0.4, -0.2) is 15.8 Å². The molecule has 1 atom stereocenters. The molecule has 0 aliphatic carbocycles. The SMILES string of the molecule is CCCC(=O)C[C@@H](O)c1ccc([N+](=O)[O-])cc1. The Hall–Kier alpha value is -1.75. The van der Waals surface area contributed by atoms with Gasteiger partial charge in [-0.25, -0.2) is 0 Å². The van der Waals surface area contributed by atoms with E-state index in [4.69, 9.17) is 0 Å². The number of ketones is 1. The fourth-order valence-electron chi connectivity index (χ4n) is 1.53. The summed E-state index contributed by atoms with van der Waals surface area (Å²) >= 11 is 0. The minimum atomic E-state index is -0.880. The maximum atomic E-state index is 11.3. The molecule has 1 aromatic carbocycles. The van der Waals surface area contributed by atoms with Crippen molar-refractivity contribution in [2.45, 2.75) is 32.3 Å². The van der Waals surface area contributed by atoms with Crippen LogP contribution in [0.2, 0.25) is 0 Å². The van der Waals surface area contributed by atoms with E-state index in [9.17, 15) is 20.0 Å². The number of carbonyl (C=O) groups excluding carboxylic acids is 1. The average molecular weight is 237 g/mol. The number of aliphatic hydroxyl groups excluding tert-OH is 1. The lowest BCUT2D eigenvalue weighted by Crippen LogP contribution is -2.06. The number of hydrogen-bond acceptors (Lipinski definition) is 4. The van der Waals surface area contributed by atoms with Gasteiger partial charge in [0.25, 0.3) is 5.69 Å². The predicted molar refractivity (Wildman–Crippen MR) is 62.6 cm³/mol. The molecule has 17 heavy (non-hydrogen) atoms. The number of benzene rings is 1. The van der Waals surface area contributed by atoms with Gasteiger partial charge >= 0.3 is 0 Å². The topological polar surface area (TPSA) is 80.4 Å². The maximum Gasteiger partial charge on any atom is 0.269 e. The van der Waals surface area contributed by atoms with E-state index in [1.54, 1.807) is 0 Å². The molecule has 0 aliphatic heterocycles. The summed E-state index contributed by atoms with van der Waals surface area (Å²) in [6.45, 7) is 1.90. The number of nitrogens with zero attached hydrogens (tertiary/aromatic N) is 1. The summed E-state index contributed by atoms with van der Waals surface area (Å²) in [5.74, 6) is -0.00153. The third-order valence-corrected chi connectivity index (χ3v) is 2.44. The Kier molecular flexibility index (Phi) is 4.78. The number of nitro benzene ring substituents is 1. The molecule has 1 N–H and O–H groups in total. The summed E-state index contributed by atoms with van der Waals surface area (Å²) in [5, 5.41) is 20.2. The van der Waals surface area contributed by atoms with Gasteiger partial charge in [-0.15, -0.1) is 0 Å². The summed E-state index contributed by atoms with van der Waals surface area (Å²) in [6.07, 6.45) is 0.386. The van der Waals surface area contributed by atoms with Gasteiger partial charge in [0.2, 0.25) is 0 Å². The first-order valence-electron chi connectivity index (χ1n) is 5.48. The highest BCUT2D eigenvalue weighted by Gasteiger charge is 2.13. The van der Waals surface area contributed by atoms with Crippen molar-refractivity contribution in [2.75, 3.05) is 0 Å². The van der Waals surface area contributed by atoms with Crippen LogP contribution < -0.4 is 0 Å². The van der Waals surface area contributed by atoms with Gasteiger partial charge in [0.05, 0.1) is 11.0 Å². The number of hydrogen-bond donors (Lipinski definition) is 1. The minimum Gasteiger partial charge on any atom is -0.388 e. The Balaban J connectivity index is 2.66. The molecule has 0 amide bonds. The van der Waals surface area contributed by atoms with E-state index in [0.29, 0.717) is 12.0 Å². The third-order valence-electron chi connectivity index (χ3n) is 2.44. The van der Waals surface area contributed by atoms with Gasteiger partial charge in [0, 0.05) is 25.0 Å². The van der Waals surface area contributed by atoms with Crippen molar-refractivity contribution in [1.29, 1.82) is 0 Å². The minimum absolute atomic E-state index is 0.00153.